The largest absolute Gasteiger partial charge is 0.504 e. The summed E-state index contributed by atoms with van der Waals surface area (Å²) < 4.78 is 22.7. The van der Waals surface area contributed by atoms with Crippen molar-refractivity contribution in [3.63, 3.8) is 0 Å². The number of rotatable bonds is 5. The molecule has 0 fully saturated rings. The summed E-state index contributed by atoms with van der Waals surface area (Å²) in [5.41, 5.74) is 0.895. The first-order valence-electron chi connectivity index (χ1n) is 8.67. The first kappa shape index (κ1) is 17.8. The van der Waals surface area contributed by atoms with Crippen LogP contribution in [-0.4, -0.2) is 28.4 Å². The van der Waals surface area contributed by atoms with Gasteiger partial charge >= 0.3 is 5.69 Å². The molecule has 0 spiro atoms. The second-order valence-electron chi connectivity index (χ2n) is 6.08. The highest BCUT2D eigenvalue weighted by atomic mass is 16.6. The molecule has 0 saturated carbocycles. The number of aromatic hydroxyl groups is 2. The van der Waals surface area contributed by atoms with Crippen LogP contribution < -0.4 is 14.2 Å². The van der Waals surface area contributed by atoms with Crippen molar-refractivity contribution in [2.45, 2.75) is 20.5 Å². The second kappa shape index (κ2) is 6.52. The lowest BCUT2D eigenvalue weighted by molar-refractivity contribution is -0.386. The lowest BCUT2D eigenvalue weighted by atomic mass is 10.0. The van der Waals surface area contributed by atoms with E-state index < -0.39 is 4.92 Å². The van der Waals surface area contributed by atoms with Crippen molar-refractivity contribution in [2.75, 3.05) is 13.2 Å². The van der Waals surface area contributed by atoms with Crippen LogP contribution in [0.2, 0.25) is 0 Å². The molecule has 2 N–H and O–H groups in total. The zero-order valence-corrected chi connectivity index (χ0v) is 15.1. The van der Waals surface area contributed by atoms with Gasteiger partial charge in [-0.1, -0.05) is 0 Å². The molecular formula is C19H17NO8. The van der Waals surface area contributed by atoms with Crippen LogP contribution in [-0.2, 0) is 6.61 Å². The number of fused-ring (bicyclic) bond motifs is 5. The first-order chi connectivity index (χ1) is 13.5. The molecule has 2 aromatic carbocycles. The Hall–Kier alpha value is -3.62. The van der Waals surface area contributed by atoms with Gasteiger partial charge in [-0.15, -0.1) is 0 Å². The number of benzene rings is 2. The molecule has 9 nitrogen and oxygen atoms in total. The van der Waals surface area contributed by atoms with Crippen LogP contribution in [0.25, 0.3) is 22.3 Å². The Balaban J connectivity index is 2.05. The van der Waals surface area contributed by atoms with Crippen molar-refractivity contribution in [1.82, 2.24) is 0 Å². The van der Waals surface area contributed by atoms with Gasteiger partial charge in [0.2, 0.25) is 11.5 Å². The van der Waals surface area contributed by atoms with Gasteiger partial charge in [-0.25, -0.2) is 0 Å². The van der Waals surface area contributed by atoms with Crippen molar-refractivity contribution in [1.29, 1.82) is 0 Å². The first-order valence-corrected chi connectivity index (χ1v) is 8.67. The number of hydrogen-bond donors (Lipinski definition) is 2. The molecule has 0 atom stereocenters. The average molecular weight is 387 g/mol. The highest BCUT2D eigenvalue weighted by Crippen LogP contribution is 2.54. The molecule has 1 aliphatic heterocycles. The number of phenols is 2. The number of hydrogen-bond acceptors (Lipinski definition) is 8. The third-order valence-electron chi connectivity index (χ3n) is 4.44. The van der Waals surface area contributed by atoms with Crippen molar-refractivity contribution in [3.8, 4) is 40.1 Å². The zero-order chi connectivity index (χ0) is 20.0. The fourth-order valence-corrected chi connectivity index (χ4v) is 3.32. The van der Waals surface area contributed by atoms with Gasteiger partial charge in [0, 0.05) is 23.1 Å². The summed E-state index contributed by atoms with van der Waals surface area (Å²) in [7, 11) is 0. The SMILES string of the molecule is CCOc1cc2c(c(OCC)c1[N+](=O)[O-])-c1oc3cc(O)c(O)cc3c1CO2. The minimum absolute atomic E-state index is 0.0121. The third-order valence-corrected chi connectivity index (χ3v) is 4.44. The molecule has 4 rings (SSSR count). The molecule has 28 heavy (non-hydrogen) atoms. The number of nitro benzene ring substituents is 1. The summed E-state index contributed by atoms with van der Waals surface area (Å²) in [4.78, 5) is 11.2. The topological polar surface area (TPSA) is 124 Å². The maximum absolute atomic E-state index is 11.8. The molecule has 0 saturated heterocycles. The molecule has 146 valence electrons. The van der Waals surface area contributed by atoms with Gasteiger partial charge in [0.05, 0.1) is 18.1 Å². The van der Waals surface area contributed by atoms with Crippen LogP contribution >= 0.6 is 0 Å². The van der Waals surface area contributed by atoms with E-state index in [0.29, 0.717) is 33.6 Å². The summed E-state index contributed by atoms with van der Waals surface area (Å²) in [5, 5.41) is 31.9. The van der Waals surface area contributed by atoms with Crippen LogP contribution in [0.3, 0.4) is 0 Å². The smallest absolute Gasteiger partial charge is 0.353 e. The van der Waals surface area contributed by atoms with Gasteiger partial charge in [-0.2, -0.15) is 0 Å². The van der Waals surface area contributed by atoms with Crippen LogP contribution in [0.4, 0.5) is 5.69 Å². The zero-order valence-electron chi connectivity index (χ0n) is 15.1. The van der Waals surface area contributed by atoms with Gasteiger partial charge in [0.25, 0.3) is 0 Å². The normalized spacial score (nSPS) is 12.2. The molecule has 1 aromatic heterocycles. The van der Waals surface area contributed by atoms with E-state index in [0.717, 1.165) is 0 Å². The summed E-state index contributed by atoms with van der Waals surface area (Å²) >= 11 is 0. The Morgan fingerprint density at radius 1 is 1.14 bits per heavy atom. The number of nitro groups is 1. The van der Waals surface area contributed by atoms with Gasteiger partial charge in [0.1, 0.15) is 29.3 Å². The molecule has 0 radical (unpaired) electrons. The fraction of sp³-hybridized carbons (Fsp3) is 0.263. The summed E-state index contributed by atoms with van der Waals surface area (Å²) in [6.07, 6.45) is 0. The quantitative estimate of drug-likeness (QED) is 0.381. The molecule has 0 bridgehead atoms. The fourth-order valence-electron chi connectivity index (χ4n) is 3.32. The molecule has 0 amide bonds. The Morgan fingerprint density at radius 2 is 1.86 bits per heavy atom. The Bertz CT molecular complexity index is 1100. The van der Waals surface area contributed by atoms with Gasteiger partial charge in [-0.3, -0.25) is 10.1 Å². The van der Waals surface area contributed by atoms with Crippen molar-refractivity contribution in [3.05, 3.63) is 33.9 Å². The molecule has 9 heteroatoms. The van der Waals surface area contributed by atoms with Gasteiger partial charge < -0.3 is 28.8 Å². The maximum atomic E-state index is 11.8. The van der Waals surface area contributed by atoms with Crippen molar-refractivity contribution >= 4 is 16.7 Å². The number of phenolic OH excluding ortho intramolecular Hbond substituents is 2. The highest BCUT2D eigenvalue weighted by molar-refractivity contribution is 5.94. The summed E-state index contributed by atoms with van der Waals surface area (Å²) in [5.74, 6) is 0.0619. The number of nitrogens with zero attached hydrogens (tertiary/aromatic N) is 1. The predicted octanol–water partition coefficient (Wildman–Crippen LogP) is 4.11. The van der Waals surface area contributed by atoms with E-state index in [1.165, 1.54) is 18.2 Å². The summed E-state index contributed by atoms with van der Waals surface area (Å²) in [6.45, 7) is 3.97. The Kier molecular flexibility index (Phi) is 4.14. The molecule has 0 unspecified atom stereocenters. The van der Waals surface area contributed by atoms with Crippen molar-refractivity contribution < 1.29 is 33.8 Å². The van der Waals surface area contributed by atoms with E-state index >= 15 is 0 Å². The monoisotopic (exact) mass is 387 g/mol. The van der Waals surface area contributed by atoms with E-state index in [4.69, 9.17) is 18.6 Å². The molecular weight excluding hydrogens is 370 g/mol. The Labute approximate surface area is 158 Å². The lowest BCUT2D eigenvalue weighted by Crippen LogP contribution is -2.09. The van der Waals surface area contributed by atoms with E-state index in [1.807, 2.05) is 0 Å². The summed E-state index contributed by atoms with van der Waals surface area (Å²) in [6, 6.07) is 4.10. The number of furan rings is 1. The highest BCUT2D eigenvalue weighted by Gasteiger charge is 2.36. The predicted molar refractivity (Wildman–Crippen MR) is 98.3 cm³/mol. The van der Waals surface area contributed by atoms with Crippen molar-refractivity contribution in [2.24, 2.45) is 0 Å². The number of ether oxygens (including phenoxy) is 3. The van der Waals surface area contributed by atoms with Gasteiger partial charge in [0.15, 0.2) is 11.5 Å². The van der Waals surface area contributed by atoms with E-state index in [-0.39, 0.29) is 48.5 Å². The van der Waals surface area contributed by atoms with Crippen LogP contribution in [0, 0.1) is 10.1 Å². The van der Waals surface area contributed by atoms with Crippen LogP contribution in [0.15, 0.2) is 22.6 Å². The van der Waals surface area contributed by atoms with Crippen LogP contribution in [0.1, 0.15) is 19.4 Å². The van der Waals surface area contributed by atoms with E-state index in [9.17, 15) is 20.3 Å². The average Bonchev–Trinajstić information content (AvgIpc) is 2.99. The molecule has 1 aliphatic rings. The molecule has 2 heterocycles. The van der Waals surface area contributed by atoms with Gasteiger partial charge in [-0.05, 0) is 19.9 Å². The maximum Gasteiger partial charge on any atom is 0.353 e. The second-order valence-corrected chi connectivity index (χ2v) is 6.08. The Morgan fingerprint density at radius 3 is 2.54 bits per heavy atom. The van der Waals surface area contributed by atoms with E-state index in [2.05, 4.69) is 0 Å². The standard InChI is InChI=1S/C19H17NO8/c1-3-25-15-7-14-16(19(26-4-2)17(15)20(23)24)18-10(8-27-14)9-5-11(21)12(22)6-13(9)28-18/h5-7,21-22H,3-4,8H2,1-2H3. The molecule has 3 aromatic rings. The minimum Gasteiger partial charge on any atom is -0.504 e. The van der Waals surface area contributed by atoms with E-state index in [1.54, 1.807) is 13.8 Å². The molecule has 0 aliphatic carbocycles. The van der Waals surface area contributed by atoms with Crippen LogP contribution in [0.5, 0.6) is 28.7 Å². The lowest BCUT2D eigenvalue weighted by Gasteiger charge is -2.21. The minimum atomic E-state index is -0.565. The third kappa shape index (κ3) is 2.55.